The van der Waals surface area contributed by atoms with E-state index in [-0.39, 0.29) is 11.9 Å². The molecule has 112 valence electrons. The van der Waals surface area contributed by atoms with Gasteiger partial charge in [0.2, 0.25) is 0 Å². The van der Waals surface area contributed by atoms with Crippen molar-refractivity contribution in [1.82, 2.24) is 5.32 Å². The van der Waals surface area contributed by atoms with Crippen LogP contribution in [0.25, 0.3) is 0 Å². The standard InChI is InChI=1S/C17H18F3N/c1-4-21-17(12-5-6-14(19)15(20)9-12)16-10(2)7-13(18)8-11(16)3/h5-9,17,21H,4H2,1-3H3. The minimum absolute atomic E-state index is 0.297. The van der Waals surface area contributed by atoms with Gasteiger partial charge in [-0.15, -0.1) is 0 Å². The van der Waals surface area contributed by atoms with Gasteiger partial charge in [-0.05, 0) is 66.9 Å². The average molecular weight is 293 g/mol. The smallest absolute Gasteiger partial charge is 0.159 e. The monoisotopic (exact) mass is 293 g/mol. The second-order valence-electron chi connectivity index (χ2n) is 5.12. The molecule has 1 N–H and O–H groups in total. The van der Waals surface area contributed by atoms with Crippen LogP contribution in [0.2, 0.25) is 0 Å². The number of nitrogens with one attached hydrogen (secondary N) is 1. The van der Waals surface area contributed by atoms with Crippen molar-refractivity contribution in [3.8, 4) is 0 Å². The van der Waals surface area contributed by atoms with E-state index >= 15 is 0 Å². The largest absolute Gasteiger partial charge is 0.307 e. The fourth-order valence-corrected chi connectivity index (χ4v) is 2.66. The summed E-state index contributed by atoms with van der Waals surface area (Å²) in [6, 6.07) is 6.45. The van der Waals surface area contributed by atoms with E-state index in [9.17, 15) is 13.2 Å². The molecule has 2 aromatic rings. The van der Waals surface area contributed by atoms with Gasteiger partial charge in [0.25, 0.3) is 0 Å². The molecule has 4 heteroatoms. The van der Waals surface area contributed by atoms with Crippen LogP contribution in [0.3, 0.4) is 0 Å². The summed E-state index contributed by atoms with van der Waals surface area (Å²) in [7, 11) is 0. The Kier molecular flexibility index (Phi) is 4.68. The second kappa shape index (κ2) is 6.31. The van der Waals surface area contributed by atoms with Crippen LogP contribution in [0.4, 0.5) is 13.2 Å². The fraction of sp³-hybridized carbons (Fsp3) is 0.294. The van der Waals surface area contributed by atoms with Crippen LogP contribution in [0.15, 0.2) is 30.3 Å². The quantitative estimate of drug-likeness (QED) is 0.880. The highest BCUT2D eigenvalue weighted by Crippen LogP contribution is 2.29. The zero-order chi connectivity index (χ0) is 15.6. The number of halogens is 3. The van der Waals surface area contributed by atoms with Gasteiger partial charge in [-0.1, -0.05) is 13.0 Å². The molecule has 0 aliphatic carbocycles. The van der Waals surface area contributed by atoms with Crippen molar-refractivity contribution in [1.29, 1.82) is 0 Å². The Hall–Kier alpha value is -1.81. The molecule has 21 heavy (non-hydrogen) atoms. The van der Waals surface area contributed by atoms with Gasteiger partial charge in [0.1, 0.15) is 5.82 Å². The van der Waals surface area contributed by atoms with Crippen LogP contribution in [-0.4, -0.2) is 6.54 Å². The third kappa shape index (κ3) is 3.27. The summed E-state index contributed by atoms with van der Waals surface area (Å²) >= 11 is 0. The first-order valence-corrected chi connectivity index (χ1v) is 6.89. The van der Waals surface area contributed by atoms with Crippen LogP contribution in [0.5, 0.6) is 0 Å². The molecule has 0 aliphatic heterocycles. The summed E-state index contributed by atoms with van der Waals surface area (Å²) in [5.74, 6) is -2.05. The Balaban J connectivity index is 2.55. The lowest BCUT2D eigenvalue weighted by atomic mass is 9.91. The lowest BCUT2D eigenvalue weighted by Gasteiger charge is -2.23. The minimum atomic E-state index is -0.882. The zero-order valence-corrected chi connectivity index (χ0v) is 12.3. The Morgan fingerprint density at radius 3 is 2.10 bits per heavy atom. The molecule has 0 spiro atoms. The highest BCUT2D eigenvalue weighted by atomic mass is 19.2. The van der Waals surface area contributed by atoms with Crippen LogP contribution < -0.4 is 5.32 Å². The summed E-state index contributed by atoms with van der Waals surface area (Å²) in [4.78, 5) is 0. The maximum absolute atomic E-state index is 13.5. The van der Waals surface area contributed by atoms with Gasteiger partial charge in [0, 0.05) is 0 Å². The number of rotatable bonds is 4. The summed E-state index contributed by atoms with van der Waals surface area (Å²) in [6.07, 6.45) is 0. The number of aryl methyl sites for hydroxylation is 2. The molecule has 0 amide bonds. The fourth-order valence-electron chi connectivity index (χ4n) is 2.66. The number of hydrogen-bond acceptors (Lipinski definition) is 1. The Labute approximate surface area is 122 Å². The first-order chi connectivity index (χ1) is 9.93. The molecular weight excluding hydrogens is 275 g/mol. The van der Waals surface area contributed by atoms with Gasteiger partial charge < -0.3 is 5.32 Å². The van der Waals surface area contributed by atoms with Crippen LogP contribution in [0.1, 0.15) is 35.2 Å². The van der Waals surface area contributed by atoms with Gasteiger partial charge in [-0.2, -0.15) is 0 Å². The average Bonchev–Trinajstić information content (AvgIpc) is 2.40. The molecule has 0 saturated heterocycles. The third-order valence-corrected chi connectivity index (χ3v) is 3.53. The van der Waals surface area contributed by atoms with Crippen molar-refractivity contribution in [2.75, 3.05) is 6.54 Å². The van der Waals surface area contributed by atoms with E-state index in [1.165, 1.54) is 18.2 Å². The lowest BCUT2D eigenvalue weighted by molar-refractivity contribution is 0.503. The first-order valence-electron chi connectivity index (χ1n) is 6.89. The van der Waals surface area contributed by atoms with Crippen molar-refractivity contribution < 1.29 is 13.2 Å². The first kappa shape index (κ1) is 15.6. The van der Waals surface area contributed by atoms with Crippen molar-refractivity contribution in [3.63, 3.8) is 0 Å². The lowest BCUT2D eigenvalue weighted by Crippen LogP contribution is -2.24. The van der Waals surface area contributed by atoms with Gasteiger partial charge in [-0.3, -0.25) is 0 Å². The summed E-state index contributed by atoms with van der Waals surface area (Å²) in [5, 5.41) is 3.25. The maximum atomic E-state index is 13.5. The van der Waals surface area contributed by atoms with Crippen LogP contribution in [0, 0.1) is 31.3 Å². The van der Waals surface area contributed by atoms with Crippen molar-refractivity contribution in [3.05, 3.63) is 70.0 Å². The predicted octanol–water partition coefficient (Wildman–Crippen LogP) is 4.42. The molecule has 2 aromatic carbocycles. The molecule has 0 aliphatic rings. The van der Waals surface area contributed by atoms with E-state index in [1.54, 1.807) is 6.07 Å². The van der Waals surface area contributed by atoms with E-state index in [1.807, 2.05) is 20.8 Å². The van der Waals surface area contributed by atoms with Crippen molar-refractivity contribution >= 4 is 0 Å². The minimum Gasteiger partial charge on any atom is -0.307 e. The van der Waals surface area contributed by atoms with Gasteiger partial charge in [0.05, 0.1) is 6.04 Å². The van der Waals surface area contributed by atoms with E-state index in [0.29, 0.717) is 12.1 Å². The maximum Gasteiger partial charge on any atom is 0.159 e. The number of benzene rings is 2. The highest BCUT2D eigenvalue weighted by Gasteiger charge is 2.19. The highest BCUT2D eigenvalue weighted by molar-refractivity contribution is 5.42. The molecule has 0 bridgehead atoms. The second-order valence-corrected chi connectivity index (χ2v) is 5.12. The molecule has 0 aromatic heterocycles. The Morgan fingerprint density at radius 1 is 0.952 bits per heavy atom. The molecule has 0 heterocycles. The molecule has 1 nitrogen and oxygen atoms in total. The summed E-state index contributed by atoms with van der Waals surface area (Å²) in [6.45, 7) is 6.21. The Bertz CT molecular complexity index is 629. The van der Waals surface area contributed by atoms with Gasteiger partial charge in [-0.25, -0.2) is 13.2 Å². The molecule has 0 fully saturated rings. The topological polar surface area (TPSA) is 12.0 Å². The zero-order valence-electron chi connectivity index (χ0n) is 12.3. The van der Waals surface area contributed by atoms with Gasteiger partial charge >= 0.3 is 0 Å². The molecule has 0 saturated carbocycles. The van der Waals surface area contributed by atoms with Crippen LogP contribution in [-0.2, 0) is 0 Å². The Morgan fingerprint density at radius 2 is 1.57 bits per heavy atom. The molecule has 0 radical (unpaired) electrons. The van der Waals surface area contributed by atoms with Crippen molar-refractivity contribution in [2.24, 2.45) is 0 Å². The molecule has 1 atom stereocenters. The van der Waals surface area contributed by atoms with Gasteiger partial charge in [0.15, 0.2) is 11.6 Å². The van der Waals surface area contributed by atoms with Crippen molar-refractivity contribution in [2.45, 2.75) is 26.8 Å². The SMILES string of the molecule is CCNC(c1ccc(F)c(F)c1)c1c(C)cc(F)cc1C. The molecular formula is C17H18F3N. The normalized spacial score (nSPS) is 12.5. The summed E-state index contributed by atoms with van der Waals surface area (Å²) in [5.41, 5.74) is 3.07. The van der Waals surface area contributed by atoms with E-state index in [0.717, 1.165) is 22.8 Å². The predicted molar refractivity (Wildman–Crippen MR) is 77.8 cm³/mol. The van der Waals surface area contributed by atoms with E-state index in [4.69, 9.17) is 0 Å². The van der Waals surface area contributed by atoms with E-state index < -0.39 is 11.6 Å². The summed E-state index contributed by atoms with van der Waals surface area (Å²) < 4.78 is 40.1. The molecule has 1 unspecified atom stereocenters. The molecule has 2 rings (SSSR count). The third-order valence-electron chi connectivity index (χ3n) is 3.53. The van der Waals surface area contributed by atoms with Crippen LogP contribution >= 0.6 is 0 Å². The number of hydrogen-bond donors (Lipinski definition) is 1. The van der Waals surface area contributed by atoms with E-state index in [2.05, 4.69) is 5.32 Å².